The molecule has 0 radical (unpaired) electrons. The van der Waals surface area contributed by atoms with Crippen LogP contribution in [-0.2, 0) is 27.1 Å². The second-order valence-corrected chi connectivity index (χ2v) is 22.3. The van der Waals surface area contributed by atoms with Crippen molar-refractivity contribution in [2.24, 2.45) is 0 Å². The van der Waals surface area contributed by atoms with Gasteiger partial charge < -0.3 is 9.32 Å². The summed E-state index contributed by atoms with van der Waals surface area (Å²) in [6.07, 6.45) is 0. The molecule has 1 aromatic heterocycles. The lowest BCUT2D eigenvalue weighted by Gasteiger charge is -2.31. The van der Waals surface area contributed by atoms with Gasteiger partial charge in [0.2, 0.25) is 0 Å². The van der Waals surface area contributed by atoms with Gasteiger partial charge >= 0.3 is 0 Å². The van der Waals surface area contributed by atoms with E-state index in [-0.39, 0.29) is 27.1 Å². The smallest absolute Gasteiger partial charge is 0.139 e. The maximum atomic E-state index is 6.78. The zero-order valence-corrected chi connectivity index (χ0v) is 39.1. The van der Waals surface area contributed by atoms with Crippen LogP contribution in [0.2, 0.25) is 0 Å². The van der Waals surface area contributed by atoms with Gasteiger partial charge in [0.1, 0.15) is 11.2 Å². The molecule has 0 saturated heterocycles. The molecular formula is C60H61NO. The van der Waals surface area contributed by atoms with E-state index in [9.17, 15) is 0 Å². The number of fused-ring (bicyclic) bond motifs is 9. The summed E-state index contributed by atoms with van der Waals surface area (Å²) in [6, 6.07) is 50.8. The van der Waals surface area contributed by atoms with Crippen LogP contribution in [0.5, 0.6) is 0 Å². The van der Waals surface area contributed by atoms with Gasteiger partial charge in [-0.2, -0.15) is 0 Å². The van der Waals surface area contributed by atoms with Gasteiger partial charge in [-0.1, -0.05) is 175 Å². The summed E-state index contributed by atoms with van der Waals surface area (Å²) in [5.74, 6) is 0. The van der Waals surface area contributed by atoms with E-state index in [2.05, 4.69) is 228 Å². The molecule has 0 aliphatic heterocycles. The monoisotopic (exact) mass is 811 g/mol. The van der Waals surface area contributed by atoms with E-state index in [1.165, 1.54) is 72.1 Å². The maximum absolute atomic E-state index is 6.78. The van der Waals surface area contributed by atoms with Crippen molar-refractivity contribution in [3.8, 4) is 33.4 Å². The van der Waals surface area contributed by atoms with Gasteiger partial charge in [0.05, 0.1) is 5.69 Å². The van der Waals surface area contributed by atoms with E-state index >= 15 is 0 Å². The SMILES string of the molecule is CC(C)(C)c1cc(C(C)(C)C)c2oc3ccc(-c4ccccc4N(c4ccc5c(c4)C(C)(C)c4ccccc4-5)c4ccc5c(c4)C(C)(C)c4cccc(C(C)(C)C)c4-5)cc3c2c1. The van der Waals surface area contributed by atoms with Crippen molar-refractivity contribution < 1.29 is 4.42 Å². The first kappa shape index (κ1) is 40.2. The number of furan rings is 1. The number of hydrogen-bond donors (Lipinski definition) is 0. The molecule has 0 fully saturated rings. The molecule has 0 amide bonds. The minimum atomic E-state index is -0.167. The quantitative estimate of drug-likeness (QED) is 0.176. The fourth-order valence-electron chi connectivity index (χ4n) is 10.7. The van der Waals surface area contributed by atoms with E-state index in [4.69, 9.17) is 4.42 Å². The van der Waals surface area contributed by atoms with Gasteiger partial charge in [-0.25, -0.2) is 0 Å². The van der Waals surface area contributed by atoms with Crippen LogP contribution in [-0.4, -0.2) is 0 Å². The van der Waals surface area contributed by atoms with Crippen LogP contribution in [0.4, 0.5) is 17.1 Å². The molecule has 0 unspecified atom stereocenters. The average Bonchev–Trinajstić information content (AvgIpc) is 3.79. The molecule has 0 spiro atoms. The summed E-state index contributed by atoms with van der Waals surface area (Å²) in [5.41, 5.74) is 22.3. The molecule has 0 N–H and O–H groups in total. The molecule has 1 heterocycles. The minimum Gasteiger partial charge on any atom is -0.456 e. The second kappa shape index (κ2) is 13.3. The number of rotatable bonds is 4. The van der Waals surface area contributed by atoms with Gasteiger partial charge in [-0.15, -0.1) is 0 Å². The van der Waals surface area contributed by atoms with Gasteiger partial charge in [0.15, 0.2) is 0 Å². The molecule has 2 heteroatoms. The van der Waals surface area contributed by atoms with Crippen LogP contribution >= 0.6 is 0 Å². The Morgan fingerprint density at radius 1 is 0.435 bits per heavy atom. The third kappa shape index (κ3) is 6.04. The molecule has 2 aliphatic carbocycles. The van der Waals surface area contributed by atoms with Crippen molar-refractivity contribution in [3.63, 3.8) is 0 Å². The molecule has 10 rings (SSSR count). The number of para-hydroxylation sites is 1. The highest BCUT2D eigenvalue weighted by molar-refractivity contribution is 6.08. The van der Waals surface area contributed by atoms with Crippen LogP contribution in [0.3, 0.4) is 0 Å². The number of benzene rings is 7. The zero-order valence-electron chi connectivity index (χ0n) is 39.1. The van der Waals surface area contributed by atoms with Gasteiger partial charge in [-0.3, -0.25) is 0 Å². The Morgan fingerprint density at radius 2 is 1.02 bits per heavy atom. The minimum absolute atomic E-state index is 0.00556. The molecule has 0 atom stereocenters. The lowest BCUT2D eigenvalue weighted by molar-refractivity contribution is 0.559. The zero-order chi connectivity index (χ0) is 43.9. The van der Waals surface area contributed by atoms with Gasteiger partial charge in [0.25, 0.3) is 0 Å². The third-order valence-electron chi connectivity index (χ3n) is 14.3. The van der Waals surface area contributed by atoms with Crippen LogP contribution < -0.4 is 4.90 Å². The van der Waals surface area contributed by atoms with Crippen molar-refractivity contribution in [1.29, 1.82) is 0 Å². The molecule has 312 valence electrons. The normalized spacial score (nSPS) is 15.1. The van der Waals surface area contributed by atoms with E-state index in [0.717, 1.165) is 39.2 Å². The van der Waals surface area contributed by atoms with Gasteiger partial charge in [-0.05, 0) is 126 Å². The van der Waals surface area contributed by atoms with Crippen LogP contribution in [0, 0.1) is 0 Å². The summed E-state index contributed by atoms with van der Waals surface area (Å²) in [6.45, 7) is 30.4. The average molecular weight is 812 g/mol. The highest BCUT2D eigenvalue weighted by Gasteiger charge is 2.40. The highest BCUT2D eigenvalue weighted by atomic mass is 16.3. The number of nitrogens with zero attached hydrogens (tertiary/aromatic N) is 1. The van der Waals surface area contributed by atoms with E-state index in [0.29, 0.717) is 0 Å². The summed E-state index contributed by atoms with van der Waals surface area (Å²) in [7, 11) is 0. The van der Waals surface area contributed by atoms with E-state index < -0.39 is 0 Å². The molecule has 0 saturated carbocycles. The fraction of sp³-hybridized carbons (Fsp3) is 0.300. The Labute approximate surface area is 369 Å². The van der Waals surface area contributed by atoms with E-state index in [1.807, 2.05) is 0 Å². The van der Waals surface area contributed by atoms with Crippen molar-refractivity contribution >= 4 is 39.0 Å². The second-order valence-electron chi connectivity index (χ2n) is 22.3. The van der Waals surface area contributed by atoms with Crippen molar-refractivity contribution in [1.82, 2.24) is 0 Å². The Morgan fingerprint density at radius 3 is 1.69 bits per heavy atom. The first-order valence-electron chi connectivity index (χ1n) is 22.6. The Kier molecular flexibility index (Phi) is 8.64. The molecular weight excluding hydrogens is 751 g/mol. The molecule has 2 aliphatic rings. The lowest BCUT2D eigenvalue weighted by Crippen LogP contribution is -2.18. The molecule has 2 nitrogen and oxygen atoms in total. The van der Waals surface area contributed by atoms with Crippen molar-refractivity contribution in [2.75, 3.05) is 4.90 Å². The summed E-state index contributed by atoms with van der Waals surface area (Å²) in [5, 5.41) is 2.34. The van der Waals surface area contributed by atoms with Crippen molar-refractivity contribution in [2.45, 2.75) is 117 Å². The summed E-state index contributed by atoms with van der Waals surface area (Å²) in [4.78, 5) is 2.52. The maximum Gasteiger partial charge on any atom is 0.139 e. The van der Waals surface area contributed by atoms with Crippen LogP contribution in [0.15, 0.2) is 138 Å². The molecule has 62 heavy (non-hydrogen) atoms. The Bertz CT molecular complexity index is 3130. The summed E-state index contributed by atoms with van der Waals surface area (Å²) >= 11 is 0. The highest BCUT2D eigenvalue weighted by Crippen LogP contribution is 2.55. The first-order chi connectivity index (χ1) is 29.2. The molecule has 8 aromatic rings. The molecule has 7 aromatic carbocycles. The molecule has 0 bridgehead atoms. The third-order valence-corrected chi connectivity index (χ3v) is 14.3. The lowest BCUT2D eigenvalue weighted by atomic mass is 9.79. The standard InChI is InChI=1S/C60H61NO/c1-56(2,3)37-32-45-44-31-36(25-30-53(44)62-55(45)51(33-37)58(7,8)9)40-19-15-17-24-52(40)61(38-26-28-42-41-20-14-16-21-46(41)59(10,11)49(42)34-38)39-27-29-43-50(35-39)60(12,13)48-23-18-22-47(54(43)48)57(4,5)6/h14-35H,1-13H3. The van der Waals surface area contributed by atoms with Crippen LogP contribution in [0.25, 0.3) is 55.3 Å². The Hall–Kier alpha value is -5.86. The van der Waals surface area contributed by atoms with Gasteiger partial charge in [0, 0.05) is 44.1 Å². The first-order valence-corrected chi connectivity index (χ1v) is 22.6. The van der Waals surface area contributed by atoms with Crippen molar-refractivity contribution in [3.05, 3.63) is 172 Å². The predicted octanol–water partition coefficient (Wildman–Crippen LogP) is 17.2. The summed E-state index contributed by atoms with van der Waals surface area (Å²) < 4.78 is 6.78. The topological polar surface area (TPSA) is 16.4 Å². The fourth-order valence-corrected chi connectivity index (χ4v) is 10.7. The number of hydrogen-bond acceptors (Lipinski definition) is 2. The number of anilines is 3. The largest absolute Gasteiger partial charge is 0.456 e. The van der Waals surface area contributed by atoms with E-state index in [1.54, 1.807) is 0 Å². The Balaban J connectivity index is 1.21. The predicted molar refractivity (Wildman–Crippen MR) is 265 cm³/mol. The van der Waals surface area contributed by atoms with Crippen LogP contribution in [0.1, 0.15) is 129 Å².